The summed E-state index contributed by atoms with van der Waals surface area (Å²) in [7, 11) is 3.72. The van der Waals surface area contributed by atoms with Gasteiger partial charge in [0.25, 0.3) is 0 Å². The molecule has 1 aliphatic rings. The van der Waals surface area contributed by atoms with Crippen LogP contribution in [-0.2, 0) is 18.4 Å². The van der Waals surface area contributed by atoms with Crippen LogP contribution >= 0.6 is 0 Å². The molecular weight excluding hydrogens is 268 g/mol. The number of aromatic nitrogens is 2. The summed E-state index contributed by atoms with van der Waals surface area (Å²) < 4.78 is 7.09. The van der Waals surface area contributed by atoms with Crippen molar-refractivity contribution < 1.29 is 9.21 Å². The van der Waals surface area contributed by atoms with Gasteiger partial charge in [-0.15, -0.1) is 0 Å². The number of hydrogen-bond donors (Lipinski definition) is 1. The molecule has 21 heavy (non-hydrogen) atoms. The Balaban J connectivity index is 1.70. The zero-order valence-corrected chi connectivity index (χ0v) is 12.3. The van der Waals surface area contributed by atoms with Crippen LogP contribution in [-0.4, -0.2) is 40.7 Å². The summed E-state index contributed by atoms with van der Waals surface area (Å²) in [4.78, 5) is 14.4. The average Bonchev–Trinajstić information content (AvgIpc) is 3.17. The lowest BCUT2D eigenvalue weighted by atomic mass is 9.90. The first-order valence-corrected chi connectivity index (χ1v) is 7.12. The van der Waals surface area contributed by atoms with Crippen molar-refractivity contribution in [1.29, 1.82) is 0 Å². The molecule has 0 unspecified atom stereocenters. The third-order valence-corrected chi connectivity index (χ3v) is 4.03. The summed E-state index contributed by atoms with van der Waals surface area (Å²) in [5.41, 5.74) is 1.12. The highest BCUT2D eigenvalue weighted by atomic mass is 16.3. The average molecular weight is 288 g/mol. The summed E-state index contributed by atoms with van der Waals surface area (Å²) in [6.07, 6.45) is 5.47. The molecule has 1 aliphatic heterocycles. The molecule has 112 valence electrons. The lowest BCUT2D eigenvalue weighted by molar-refractivity contribution is -0.134. The van der Waals surface area contributed by atoms with E-state index in [2.05, 4.69) is 10.4 Å². The largest absolute Gasteiger partial charge is 0.467 e. The van der Waals surface area contributed by atoms with Crippen LogP contribution < -0.4 is 5.32 Å². The minimum atomic E-state index is -0.0471. The predicted molar refractivity (Wildman–Crippen MR) is 77.5 cm³/mol. The summed E-state index contributed by atoms with van der Waals surface area (Å²) in [5.74, 6) is 1.08. The summed E-state index contributed by atoms with van der Waals surface area (Å²) in [5, 5.41) is 7.53. The highest BCUT2D eigenvalue weighted by Crippen LogP contribution is 2.29. The van der Waals surface area contributed by atoms with E-state index in [-0.39, 0.29) is 17.7 Å². The van der Waals surface area contributed by atoms with Gasteiger partial charge in [-0.3, -0.25) is 9.48 Å². The first-order chi connectivity index (χ1) is 10.1. The Labute approximate surface area is 123 Å². The van der Waals surface area contributed by atoms with E-state index in [1.165, 1.54) is 0 Å². The highest BCUT2D eigenvalue weighted by Gasteiger charge is 2.36. The van der Waals surface area contributed by atoms with Gasteiger partial charge in [-0.1, -0.05) is 0 Å². The van der Waals surface area contributed by atoms with E-state index in [9.17, 15) is 4.79 Å². The third-order valence-electron chi connectivity index (χ3n) is 4.03. The molecule has 6 nitrogen and oxygen atoms in total. The van der Waals surface area contributed by atoms with E-state index in [1.807, 2.05) is 38.6 Å². The van der Waals surface area contributed by atoms with Gasteiger partial charge >= 0.3 is 0 Å². The van der Waals surface area contributed by atoms with Gasteiger partial charge in [0, 0.05) is 39.3 Å². The van der Waals surface area contributed by atoms with Crippen molar-refractivity contribution in [3.63, 3.8) is 0 Å². The smallest absolute Gasteiger partial charge is 0.227 e. The van der Waals surface area contributed by atoms with E-state index in [1.54, 1.807) is 15.8 Å². The van der Waals surface area contributed by atoms with Crippen LogP contribution in [0.5, 0.6) is 0 Å². The van der Waals surface area contributed by atoms with Gasteiger partial charge in [0.15, 0.2) is 0 Å². The fourth-order valence-electron chi connectivity index (χ4n) is 2.92. The van der Waals surface area contributed by atoms with Crippen molar-refractivity contribution in [2.45, 2.75) is 12.5 Å². The zero-order valence-electron chi connectivity index (χ0n) is 12.3. The molecular formula is C15H20N4O2. The van der Waals surface area contributed by atoms with Gasteiger partial charge in [-0.25, -0.2) is 0 Å². The second-order valence-electron chi connectivity index (χ2n) is 5.59. The molecule has 1 N–H and O–H groups in total. The monoisotopic (exact) mass is 288 g/mol. The minimum absolute atomic E-state index is 0.0471. The Kier molecular flexibility index (Phi) is 3.79. The van der Waals surface area contributed by atoms with Crippen LogP contribution in [0.3, 0.4) is 0 Å². The molecule has 2 atom stereocenters. The maximum absolute atomic E-state index is 12.7. The second-order valence-corrected chi connectivity index (χ2v) is 5.59. The maximum atomic E-state index is 12.7. The molecule has 3 heterocycles. The Morgan fingerprint density at radius 1 is 1.57 bits per heavy atom. The van der Waals surface area contributed by atoms with Gasteiger partial charge in [-0.2, -0.15) is 5.10 Å². The van der Waals surface area contributed by atoms with Crippen molar-refractivity contribution in [3.05, 3.63) is 42.1 Å². The molecule has 1 amide bonds. The van der Waals surface area contributed by atoms with Crippen molar-refractivity contribution in [2.24, 2.45) is 13.0 Å². The number of amides is 1. The number of carbonyl (C=O) groups is 1. The fourth-order valence-corrected chi connectivity index (χ4v) is 2.92. The van der Waals surface area contributed by atoms with Gasteiger partial charge < -0.3 is 14.6 Å². The number of nitrogens with zero attached hydrogens (tertiary/aromatic N) is 3. The lowest BCUT2D eigenvalue weighted by Gasteiger charge is -2.23. The number of carbonyl (C=O) groups excluding carboxylic acids is 1. The molecule has 1 fully saturated rings. The quantitative estimate of drug-likeness (QED) is 0.911. The van der Waals surface area contributed by atoms with Crippen molar-refractivity contribution in [1.82, 2.24) is 20.0 Å². The third kappa shape index (κ3) is 2.85. The van der Waals surface area contributed by atoms with Gasteiger partial charge in [0.2, 0.25) is 5.91 Å². The Hall–Kier alpha value is -2.08. The predicted octanol–water partition coefficient (Wildman–Crippen LogP) is 0.975. The summed E-state index contributed by atoms with van der Waals surface area (Å²) in [6, 6.07) is 3.72. The van der Waals surface area contributed by atoms with Crippen LogP contribution in [0, 0.1) is 5.92 Å². The first-order valence-electron chi connectivity index (χ1n) is 7.12. The Morgan fingerprint density at radius 2 is 2.43 bits per heavy atom. The normalized spacial score (nSPS) is 21.6. The molecule has 2 aromatic heterocycles. The van der Waals surface area contributed by atoms with Gasteiger partial charge in [0.05, 0.1) is 24.9 Å². The Bertz CT molecular complexity index is 605. The highest BCUT2D eigenvalue weighted by molar-refractivity contribution is 5.80. The van der Waals surface area contributed by atoms with Crippen LogP contribution in [0.15, 0.2) is 35.2 Å². The first kappa shape index (κ1) is 13.9. The van der Waals surface area contributed by atoms with E-state index in [0.717, 1.165) is 17.9 Å². The number of aryl methyl sites for hydroxylation is 1. The topological polar surface area (TPSA) is 63.3 Å². The molecule has 0 saturated carbocycles. The Morgan fingerprint density at radius 3 is 3.10 bits per heavy atom. The fraction of sp³-hybridized carbons (Fsp3) is 0.467. The molecule has 6 heteroatoms. The van der Waals surface area contributed by atoms with Crippen molar-refractivity contribution >= 4 is 5.91 Å². The number of hydrogen-bond acceptors (Lipinski definition) is 4. The van der Waals surface area contributed by atoms with E-state index >= 15 is 0 Å². The standard InChI is InChI=1S/C15H20N4O2/c1-18(10-12-4-3-5-21-12)15(20)14-8-16-7-13(14)11-6-17-19(2)9-11/h3-6,9,13-14,16H,7-8,10H2,1-2H3/t13-,14+/m1/s1. The summed E-state index contributed by atoms with van der Waals surface area (Å²) in [6.45, 7) is 2.03. The second kappa shape index (κ2) is 5.73. The van der Waals surface area contributed by atoms with Crippen LogP contribution in [0.4, 0.5) is 0 Å². The molecule has 0 aliphatic carbocycles. The molecule has 3 rings (SSSR count). The van der Waals surface area contributed by atoms with Gasteiger partial charge in [0.1, 0.15) is 5.76 Å². The zero-order chi connectivity index (χ0) is 14.8. The number of nitrogens with one attached hydrogen (secondary N) is 1. The molecule has 0 bridgehead atoms. The van der Waals surface area contributed by atoms with E-state index < -0.39 is 0 Å². The lowest BCUT2D eigenvalue weighted by Crippen LogP contribution is -2.35. The maximum Gasteiger partial charge on any atom is 0.227 e. The van der Waals surface area contributed by atoms with Crippen LogP contribution in [0.2, 0.25) is 0 Å². The van der Waals surface area contributed by atoms with Crippen molar-refractivity contribution in [2.75, 3.05) is 20.1 Å². The number of rotatable bonds is 4. The molecule has 0 radical (unpaired) electrons. The van der Waals surface area contributed by atoms with Crippen LogP contribution in [0.1, 0.15) is 17.2 Å². The van der Waals surface area contributed by atoms with E-state index in [0.29, 0.717) is 13.1 Å². The molecule has 1 saturated heterocycles. The number of furan rings is 1. The minimum Gasteiger partial charge on any atom is -0.467 e. The summed E-state index contributed by atoms with van der Waals surface area (Å²) >= 11 is 0. The SMILES string of the molecule is CN(Cc1ccco1)C(=O)[C@H]1CNC[C@@H]1c1cnn(C)c1. The molecule has 0 aromatic carbocycles. The van der Waals surface area contributed by atoms with Crippen LogP contribution in [0.25, 0.3) is 0 Å². The molecule has 0 spiro atoms. The molecule has 2 aromatic rings. The van der Waals surface area contributed by atoms with E-state index in [4.69, 9.17) is 4.42 Å². The van der Waals surface area contributed by atoms with Gasteiger partial charge in [-0.05, 0) is 17.7 Å². The van der Waals surface area contributed by atoms with Crippen molar-refractivity contribution in [3.8, 4) is 0 Å².